The van der Waals surface area contributed by atoms with Crippen molar-refractivity contribution in [1.82, 2.24) is 0 Å². The highest BCUT2D eigenvalue weighted by Gasteiger charge is 2.36. The lowest BCUT2D eigenvalue weighted by Crippen LogP contribution is -2.42. The number of hydrogen-bond acceptors (Lipinski definition) is 1. The average molecular weight is 285 g/mol. The molecular weight excluding hydrogens is 263 g/mol. The molecule has 0 saturated heterocycles. The molecule has 20 heavy (non-hydrogen) atoms. The molecule has 1 nitrogen and oxygen atoms in total. The van der Waals surface area contributed by atoms with Crippen LogP contribution in [0.25, 0.3) is 0 Å². The molecule has 2 atom stereocenters. The van der Waals surface area contributed by atoms with Crippen LogP contribution in [-0.2, 0) is 11.7 Å². The fraction of sp³-hybridized carbons (Fsp3) is 0.625. The van der Waals surface area contributed by atoms with E-state index in [2.05, 4.69) is 13.8 Å². The largest absolute Gasteiger partial charge is 0.416 e. The number of alkyl halides is 3. The third-order valence-corrected chi connectivity index (χ3v) is 4.55. The highest BCUT2D eigenvalue weighted by atomic mass is 19.4. The van der Waals surface area contributed by atoms with Gasteiger partial charge in [0.1, 0.15) is 0 Å². The van der Waals surface area contributed by atoms with E-state index in [1.54, 1.807) is 12.1 Å². The maximum atomic E-state index is 12.6. The Kier molecular flexibility index (Phi) is 4.14. The molecule has 1 aromatic carbocycles. The van der Waals surface area contributed by atoms with Crippen molar-refractivity contribution in [2.45, 2.75) is 51.2 Å². The zero-order valence-electron chi connectivity index (χ0n) is 12.0. The topological polar surface area (TPSA) is 26.0 Å². The fourth-order valence-electron chi connectivity index (χ4n) is 3.17. The summed E-state index contributed by atoms with van der Waals surface area (Å²) in [6, 6.07) is 5.38. The molecule has 0 radical (unpaired) electrons. The van der Waals surface area contributed by atoms with Gasteiger partial charge in [-0.05, 0) is 42.4 Å². The molecule has 1 aliphatic carbocycles. The van der Waals surface area contributed by atoms with Crippen molar-refractivity contribution >= 4 is 0 Å². The molecule has 0 heterocycles. The summed E-state index contributed by atoms with van der Waals surface area (Å²) < 4.78 is 37.8. The Balaban J connectivity index is 2.21. The molecule has 0 aromatic heterocycles. The quantitative estimate of drug-likeness (QED) is 0.837. The van der Waals surface area contributed by atoms with Crippen LogP contribution in [0.2, 0.25) is 0 Å². The zero-order valence-corrected chi connectivity index (χ0v) is 12.0. The first-order valence-corrected chi connectivity index (χ1v) is 7.19. The summed E-state index contributed by atoms with van der Waals surface area (Å²) in [6.45, 7) is 4.37. The van der Waals surface area contributed by atoms with Crippen LogP contribution in [0.1, 0.15) is 50.7 Å². The SMILES string of the molecule is CC(C)C1CCCC(N)(c2ccc(C(F)(F)F)cc2)C1. The Morgan fingerprint density at radius 3 is 2.30 bits per heavy atom. The van der Waals surface area contributed by atoms with E-state index in [0.717, 1.165) is 43.4 Å². The van der Waals surface area contributed by atoms with Crippen molar-refractivity contribution in [3.8, 4) is 0 Å². The van der Waals surface area contributed by atoms with E-state index in [1.165, 1.54) is 0 Å². The van der Waals surface area contributed by atoms with E-state index in [0.29, 0.717) is 11.8 Å². The van der Waals surface area contributed by atoms with Crippen LogP contribution in [0, 0.1) is 11.8 Å². The summed E-state index contributed by atoms with van der Waals surface area (Å²) in [5.74, 6) is 1.11. The van der Waals surface area contributed by atoms with Crippen molar-refractivity contribution in [1.29, 1.82) is 0 Å². The maximum absolute atomic E-state index is 12.6. The maximum Gasteiger partial charge on any atom is 0.416 e. The number of nitrogens with two attached hydrogens (primary N) is 1. The van der Waals surface area contributed by atoms with Gasteiger partial charge in [-0.1, -0.05) is 38.8 Å². The summed E-state index contributed by atoms with van der Waals surface area (Å²) in [5.41, 5.74) is 6.23. The number of hydrogen-bond donors (Lipinski definition) is 1. The molecule has 1 fully saturated rings. The van der Waals surface area contributed by atoms with Crippen molar-refractivity contribution in [3.05, 3.63) is 35.4 Å². The Hall–Kier alpha value is -1.03. The van der Waals surface area contributed by atoms with Gasteiger partial charge in [-0.25, -0.2) is 0 Å². The third kappa shape index (κ3) is 3.17. The molecule has 1 aromatic rings. The first kappa shape index (κ1) is 15.4. The standard InChI is InChI=1S/C16H22F3N/c1-11(2)12-4-3-9-15(20,10-12)13-5-7-14(8-6-13)16(17,18)19/h5-8,11-12H,3-4,9-10,20H2,1-2H3. The lowest BCUT2D eigenvalue weighted by Gasteiger charge is -2.40. The van der Waals surface area contributed by atoms with Gasteiger partial charge < -0.3 is 5.73 Å². The fourth-order valence-corrected chi connectivity index (χ4v) is 3.17. The van der Waals surface area contributed by atoms with Crippen LogP contribution in [-0.4, -0.2) is 0 Å². The van der Waals surface area contributed by atoms with Gasteiger partial charge in [-0.15, -0.1) is 0 Å². The molecule has 2 N–H and O–H groups in total. The Bertz CT molecular complexity index is 450. The van der Waals surface area contributed by atoms with E-state index < -0.39 is 17.3 Å². The smallest absolute Gasteiger partial charge is 0.321 e. The minimum Gasteiger partial charge on any atom is -0.321 e. The molecule has 1 aliphatic rings. The van der Waals surface area contributed by atoms with Gasteiger partial charge in [0.2, 0.25) is 0 Å². The number of rotatable bonds is 2. The molecule has 0 amide bonds. The second-order valence-electron chi connectivity index (χ2n) is 6.33. The molecule has 0 aliphatic heterocycles. The van der Waals surface area contributed by atoms with Gasteiger partial charge >= 0.3 is 6.18 Å². The monoisotopic (exact) mass is 285 g/mol. The molecule has 1 saturated carbocycles. The van der Waals surface area contributed by atoms with Crippen LogP contribution in [0.15, 0.2) is 24.3 Å². The van der Waals surface area contributed by atoms with Gasteiger partial charge in [0.25, 0.3) is 0 Å². The van der Waals surface area contributed by atoms with E-state index in [9.17, 15) is 13.2 Å². The predicted octanol–water partition coefficient (Wildman–Crippen LogP) is 4.71. The van der Waals surface area contributed by atoms with Gasteiger partial charge in [-0.2, -0.15) is 13.2 Å². The van der Waals surface area contributed by atoms with Gasteiger partial charge in [0.15, 0.2) is 0 Å². The first-order valence-electron chi connectivity index (χ1n) is 7.19. The van der Waals surface area contributed by atoms with E-state index in [1.807, 2.05) is 0 Å². The van der Waals surface area contributed by atoms with Gasteiger partial charge in [0.05, 0.1) is 5.56 Å². The van der Waals surface area contributed by atoms with Crippen LogP contribution >= 0.6 is 0 Å². The number of halogens is 3. The highest BCUT2D eigenvalue weighted by Crippen LogP contribution is 2.41. The van der Waals surface area contributed by atoms with Crippen molar-refractivity contribution < 1.29 is 13.2 Å². The van der Waals surface area contributed by atoms with Gasteiger partial charge in [0, 0.05) is 5.54 Å². The minimum absolute atomic E-state index is 0.475. The summed E-state index contributed by atoms with van der Waals surface area (Å²) >= 11 is 0. The predicted molar refractivity (Wildman–Crippen MR) is 74.1 cm³/mol. The normalized spacial score (nSPS) is 27.9. The Morgan fingerprint density at radius 1 is 1.20 bits per heavy atom. The molecule has 112 valence electrons. The molecule has 0 bridgehead atoms. The summed E-state index contributed by atoms with van der Waals surface area (Å²) in [4.78, 5) is 0. The summed E-state index contributed by atoms with van der Waals surface area (Å²) in [5, 5.41) is 0. The summed E-state index contributed by atoms with van der Waals surface area (Å²) in [6.07, 6.45) is -0.372. The van der Waals surface area contributed by atoms with Crippen molar-refractivity contribution in [2.24, 2.45) is 17.6 Å². The van der Waals surface area contributed by atoms with Crippen LogP contribution in [0.5, 0.6) is 0 Å². The van der Waals surface area contributed by atoms with E-state index in [-0.39, 0.29) is 0 Å². The van der Waals surface area contributed by atoms with Crippen LogP contribution in [0.3, 0.4) is 0 Å². The number of benzene rings is 1. The van der Waals surface area contributed by atoms with Crippen molar-refractivity contribution in [3.63, 3.8) is 0 Å². The average Bonchev–Trinajstić information content (AvgIpc) is 2.38. The first-order chi connectivity index (χ1) is 9.22. The lowest BCUT2D eigenvalue weighted by atomic mass is 9.69. The molecule has 2 unspecified atom stereocenters. The van der Waals surface area contributed by atoms with E-state index >= 15 is 0 Å². The second-order valence-corrected chi connectivity index (χ2v) is 6.33. The Labute approximate surface area is 118 Å². The second kappa shape index (κ2) is 5.40. The Morgan fingerprint density at radius 2 is 1.80 bits per heavy atom. The summed E-state index contributed by atoms with van der Waals surface area (Å²) in [7, 11) is 0. The van der Waals surface area contributed by atoms with Crippen LogP contribution < -0.4 is 5.73 Å². The van der Waals surface area contributed by atoms with E-state index in [4.69, 9.17) is 5.73 Å². The third-order valence-electron chi connectivity index (χ3n) is 4.55. The zero-order chi connectivity index (χ0) is 15.0. The molecule has 4 heteroatoms. The molecule has 2 rings (SSSR count). The lowest BCUT2D eigenvalue weighted by molar-refractivity contribution is -0.137. The van der Waals surface area contributed by atoms with Crippen LogP contribution in [0.4, 0.5) is 13.2 Å². The van der Waals surface area contributed by atoms with Gasteiger partial charge in [-0.3, -0.25) is 0 Å². The van der Waals surface area contributed by atoms with Crippen molar-refractivity contribution in [2.75, 3.05) is 0 Å². The molecular formula is C16H22F3N. The highest BCUT2D eigenvalue weighted by molar-refractivity contribution is 5.30. The molecule has 0 spiro atoms. The minimum atomic E-state index is -4.28.